The first kappa shape index (κ1) is 8.97. The first-order valence-electron chi connectivity index (χ1n) is 4.30. The lowest BCUT2D eigenvalue weighted by molar-refractivity contribution is -0.176. The first-order chi connectivity index (χ1) is 5.43. The molecule has 0 unspecified atom stereocenters. The molecule has 1 aliphatic heterocycles. The van der Waals surface area contributed by atoms with Crippen molar-refractivity contribution in [3.8, 4) is 0 Å². The maximum atomic E-state index is 5.43. The van der Waals surface area contributed by atoms with Crippen LogP contribution in [-0.2, 0) is 9.57 Å². The summed E-state index contributed by atoms with van der Waals surface area (Å²) in [5, 5.41) is 2.04. The van der Waals surface area contributed by atoms with Crippen molar-refractivity contribution in [2.45, 2.75) is 19.3 Å². The monoisotopic (exact) mass is 159 g/mol. The maximum absolute atomic E-state index is 5.43. The second-order valence-corrected chi connectivity index (χ2v) is 2.82. The molecule has 0 spiro atoms. The fourth-order valence-electron chi connectivity index (χ4n) is 1.24. The summed E-state index contributed by atoms with van der Waals surface area (Å²) in [6, 6.07) is 0. The molecule has 0 N–H and O–H groups in total. The molecule has 3 heteroatoms. The van der Waals surface area contributed by atoms with Crippen LogP contribution in [0.4, 0.5) is 0 Å². The fraction of sp³-hybridized carbons (Fsp3) is 1.00. The van der Waals surface area contributed by atoms with Gasteiger partial charge in [-0.25, -0.2) is 0 Å². The Morgan fingerprint density at radius 2 is 1.82 bits per heavy atom. The summed E-state index contributed by atoms with van der Waals surface area (Å²) < 4.78 is 4.88. The Morgan fingerprint density at radius 1 is 1.09 bits per heavy atom. The highest BCUT2D eigenvalue weighted by Crippen LogP contribution is 2.08. The van der Waals surface area contributed by atoms with E-state index in [1.54, 1.807) is 7.11 Å². The highest BCUT2D eigenvalue weighted by molar-refractivity contribution is 4.55. The van der Waals surface area contributed by atoms with Crippen LogP contribution in [0.25, 0.3) is 0 Å². The second kappa shape index (κ2) is 5.52. The highest BCUT2D eigenvalue weighted by atomic mass is 16.7. The van der Waals surface area contributed by atoms with Crippen LogP contribution in [0.3, 0.4) is 0 Å². The molecule has 11 heavy (non-hydrogen) atoms. The molecule has 1 saturated heterocycles. The van der Waals surface area contributed by atoms with Crippen LogP contribution in [0.2, 0.25) is 0 Å². The average Bonchev–Trinajstić information content (AvgIpc) is 2.07. The van der Waals surface area contributed by atoms with Crippen molar-refractivity contribution >= 4 is 0 Å². The first-order valence-corrected chi connectivity index (χ1v) is 4.30. The average molecular weight is 159 g/mol. The van der Waals surface area contributed by atoms with Crippen molar-refractivity contribution in [3.63, 3.8) is 0 Å². The van der Waals surface area contributed by atoms with E-state index in [0.29, 0.717) is 13.2 Å². The van der Waals surface area contributed by atoms with Gasteiger partial charge in [0.15, 0.2) is 0 Å². The molecule has 3 nitrogen and oxygen atoms in total. The third kappa shape index (κ3) is 3.70. The number of hydrogen-bond acceptors (Lipinski definition) is 3. The molecule has 0 aliphatic carbocycles. The van der Waals surface area contributed by atoms with Gasteiger partial charge in [-0.2, -0.15) is 5.06 Å². The number of methoxy groups -OCH3 is 1. The predicted octanol–water partition coefficient (Wildman–Crippen LogP) is 1.05. The molecular weight excluding hydrogens is 142 g/mol. The fourth-order valence-corrected chi connectivity index (χ4v) is 1.24. The van der Waals surface area contributed by atoms with E-state index in [1.807, 2.05) is 5.06 Å². The number of hydrogen-bond donors (Lipinski definition) is 0. The van der Waals surface area contributed by atoms with Crippen LogP contribution in [0.15, 0.2) is 0 Å². The minimum atomic E-state index is 0.691. The predicted molar refractivity (Wildman–Crippen MR) is 43.3 cm³/mol. The van der Waals surface area contributed by atoms with Crippen LogP contribution in [-0.4, -0.2) is 38.5 Å². The smallest absolute Gasteiger partial charge is 0.0918 e. The van der Waals surface area contributed by atoms with E-state index < -0.39 is 0 Å². The molecule has 0 amide bonds. The van der Waals surface area contributed by atoms with Crippen LogP contribution >= 0.6 is 0 Å². The van der Waals surface area contributed by atoms with Gasteiger partial charge >= 0.3 is 0 Å². The van der Waals surface area contributed by atoms with Crippen molar-refractivity contribution in [1.29, 1.82) is 0 Å². The van der Waals surface area contributed by atoms with Crippen molar-refractivity contribution in [1.82, 2.24) is 5.06 Å². The van der Waals surface area contributed by atoms with Crippen molar-refractivity contribution in [2.24, 2.45) is 0 Å². The van der Waals surface area contributed by atoms with E-state index in [4.69, 9.17) is 9.57 Å². The van der Waals surface area contributed by atoms with Gasteiger partial charge in [0.1, 0.15) is 0 Å². The summed E-state index contributed by atoms with van der Waals surface area (Å²) in [5.41, 5.74) is 0. The summed E-state index contributed by atoms with van der Waals surface area (Å²) in [7, 11) is 1.69. The van der Waals surface area contributed by atoms with Gasteiger partial charge in [0.25, 0.3) is 0 Å². The summed E-state index contributed by atoms with van der Waals surface area (Å²) in [6.45, 7) is 3.56. The highest BCUT2D eigenvalue weighted by Gasteiger charge is 2.09. The number of ether oxygens (including phenoxy) is 1. The molecule has 0 radical (unpaired) electrons. The second-order valence-electron chi connectivity index (χ2n) is 2.82. The number of nitrogens with zero attached hydrogens (tertiary/aromatic N) is 1. The molecule has 0 saturated carbocycles. The van der Waals surface area contributed by atoms with Gasteiger partial charge < -0.3 is 4.74 Å². The Hall–Kier alpha value is -0.120. The molecule has 0 aromatic rings. The summed E-state index contributed by atoms with van der Waals surface area (Å²) >= 11 is 0. The van der Waals surface area contributed by atoms with Gasteiger partial charge in [-0.15, -0.1) is 0 Å². The van der Waals surface area contributed by atoms with Gasteiger partial charge in [0.2, 0.25) is 0 Å². The molecule has 1 aliphatic rings. The molecule has 1 heterocycles. The van der Waals surface area contributed by atoms with E-state index in [-0.39, 0.29) is 0 Å². The van der Waals surface area contributed by atoms with Crippen LogP contribution in [0.5, 0.6) is 0 Å². The van der Waals surface area contributed by atoms with Crippen molar-refractivity contribution in [2.75, 3.05) is 33.4 Å². The maximum Gasteiger partial charge on any atom is 0.0918 e. The molecule has 1 rings (SSSR count). The van der Waals surface area contributed by atoms with Crippen molar-refractivity contribution in [3.05, 3.63) is 0 Å². The summed E-state index contributed by atoms with van der Waals surface area (Å²) in [4.78, 5) is 5.43. The minimum absolute atomic E-state index is 0.691. The minimum Gasteiger partial charge on any atom is -0.382 e. The zero-order valence-corrected chi connectivity index (χ0v) is 7.21. The Morgan fingerprint density at radius 3 is 2.45 bits per heavy atom. The molecular formula is C8H17NO2. The normalized spacial score (nSPS) is 20.5. The molecule has 66 valence electrons. The quantitative estimate of drug-likeness (QED) is 0.572. The molecule has 0 atom stereocenters. The third-order valence-electron chi connectivity index (χ3n) is 1.88. The largest absolute Gasteiger partial charge is 0.382 e. The number of piperidine rings is 1. The zero-order chi connectivity index (χ0) is 7.94. The lowest BCUT2D eigenvalue weighted by atomic mass is 10.2. The van der Waals surface area contributed by atoms with Gasteiger partial charge in [-0.05, 0) is 12.8 Å². The van der Waals surface area contributed by atoms with E-state index in [2.05, 4.69) is 0 Å². The van der Waals surface area contributed by atoms with Crippen LogP contribution in [0, 0.1) is 0 Å². The van der Waals surface area contributed by atoms with Crippen LogP contribution < -0.4 is 0 Å². The lowest BCUT2D eigenvalue weighted by Crippen LogP contribution is -2.30. The Labute approximate surface area is 68.2 Å². The SMILES string of the molecule is COCCON1CCCCC1. The molecule has 1 fully saturated rings. The van der Waals surface area contributed by atoms with Gasteiger partial charge in [0.05, 0.1) is 13.2 Å². The van der Waals surface area contributed by atoms with E-state index in [1.165, 1.54) is 19.3 Å². The van der Waals surface area contributed by atoms with E-state index >= 15 is 0 Å². The standard InChI is InChI=1S/C8H17NO2/c1-10-7-8-11-9-5-3-2-4-6-9/h2-8H2,1H3. The van der Waals surface area contributed by atoms with Crippen LogP contribution in [0.1, 0.15) is 19.3 Å². The lowest BCUT2D eigenvalue weighted by Gasteiger charge is -2.25. The number of hydroxylamine groups is 2. The molecule has 0 bridgehead atoms. The van der Waals surface area contributed by atoms with Crippen molar-refractivity contribution < 1.29 is 9.57 Å². The van der Waals surface area contributed by atoms with Gasteiger partial charge in [-0.1, -0.05) is 6.42 Å². The Balaban J connectivity index is 1.96. The zero-order valence-electron chi connectivity index (χ0n) is 7.21. The Kier molecular flexibility index (Phi) is 4.50. The molecule has 0 aromatic heterocycles. The topological polar surface area (TPSA) is 21.7 Å². The van der Waals surface area contributed by atoms with Gasteiger partial charge in [-0.3, -0.25) is 4.84 Å². The van der Waals surface area contributed by atoms with Gasteiger partial charge in [0, 0.05) is 20.2 Å². The van der Waals surface area contributed by atoms with E-state index in [9.17, 15) is 0 Å². The Bertz CT molecular complexity index is 92.1. The van der Waals surface area contributed by atoms with E-state index in [0.717, 1.165) is 13.1 Å². The molecule has 0 aromatic carbocycles. The summed E-state index contributed by atoms with van der Waals surface area (Å²) in [6.07, 6.45) is 3.89. The number of rotatable bonds is 4. The summed E-state index contributed by atoms with van der Waals surface area (Å²) in [5.74, 6) is 0. The third-order valence-corrected chi connectivity index (χ3v) is 1.88.